The van der Waals surface area contributed by atoms with E-state index in [2.05, 4.69) is 22.4 Å². The van der Waals surface area contributed by atoms with E-state index in [0.29, 0.717) is 28.5 Å². The number of fused-ring (bicyclic) bond motifs is 1. The molecule has 0 bridgehead atoms. The smallest absolute Gasteiger partial charge is 0.268 e. The Kier molecular flexibility index (Phi) is 7.38. The number of thiophene rings is 1. The second kappa shape index (κ2) is 11.6. The third-order valence-electron chi connectivity index (χ3n) is 6.91. The molecule has 7 nitrogen and oxygen atoms in total. The summed E-state index contributed by atoms with van der Waals surface area (Å²) < 4.78 is 2.03. The Morgan fingerprint density at radius 2 is 1.68 bits per heavy atom. The first kappa shape index (κ1) is 26.2. The van der Waals surface area contributed by atoms with Gasteiger partial charge in [-0.1, -0.05) is 54.6 Å². The lowest BCUT2D eigenvalue weighted by Crippen LogP contribution is -2.26. The maximum absolute atomic E-state index is 13.4. The van der Waals surface area contributed by atoms with Crippen LogP contribution < -0.4 is 10.2 Å². The van der Waals surface area contributed by atoms with Gasteiger partial charge in [-0.2, -0.15) is 0 Å². The second-order valence-corrected chi connectivity index (χ2v) is 10.7. The zero-order chi connectivity index (χ0) is 28.2. The molecule has 3 aromatic carbocycles. The van der Waals surface area contributed by atoms with E-state index >= 15 is 0 Å². The van der Waals surface area contributed by atoms with Gasteiger partial charge in [-0.25, -0.2) is 4.98 Å². The Morgan fingerprint density at radius 1 is 0.902 bits per heavy atom. The number of aryl methyl sites for hydroxylation is 2. The fourth-order valence-corrected chi connectivity index (χ4v) is 5.60. The van der Waals surface area contributed by atoms with Gasteiger partial charge in [0.1, 0.15) is 0 Å². The van der Waals surface area contributed by atoms with Crippen LogP contribution >= 0.6 is 11.3 Å². The molecule has 1 N–H and O–H groups in total. The van der Waals surface area contributed by atoms with Crippen LogP contribution in [0.25, 0.3) is 21.5 Å². The third-order valence-corrected chi connectivity index (χ3v) is 8.05. The van der Waals surface area contributed by atoms with Crippen molar-refractivity contribution in [1.29, 1.82) is 0 Å². The number of benzene rings is 3. The minimum Gasteiger partial charge on any atom is -0.311 e. The molecule has 0 spiro atoms. The number of hydrogen-bond donors (Lipinski definition) is 1. The lowest BCUT2D eigenvalue weighted by Gasteiger charge is -2.17. The van der Waals surface area contributed by atoms with Gasteiger partial charge >= 0.3 is 0 Å². The molecule has 0 atom stereocenters. The van der Waals surface area contributed by atoms with E-state index in [0.717, 1.165) is 28.1 Å². The van der Waals surface area contributed by atoms with E-state index in [1.165, 1.54) is 16.9 Å². The highest BCUT2D eigenvalue weighted by molar-refractivity contribution is 7.17. The predicted octanol–water partition coefficient (Wildman–Crippen LogP) is 6.93. The fourth-order valence-electron chi connectivity index (χ4n) is 4.71. The lowest BCUT2D eigenvalue weighted by molar-refractivity contribution is 0.0991. The van der Waals surface area contributed by atoms with Gasteiger partial charge in [-0.05, 0) is 60.5 Å². The van der Waals surface area contributed by atoms with Gasteiger partial charge in [-0.3, -0.25) is 19.9 Å². The Hall–Kier alpha value is -5.08. The number of hydrogen-bond acceptors (Lipinski definition) is 5. The van der Waals surface area contributed by atoms with Crippen LogP contribution in [0, 0.1) is 0 Å². The summed E-state index contributed by atoms with van der Waals surface area (Å²) in [5.74, 6) is 0.133. The largest absolute Gasteiger partial charge is 0.311 e. The van der Waals surface area contributed by atoms with Crippen LogP contribution in [0.1, 0.15) is 25.6 Å². The lowest BCUT2D eigenvalue weighted by atomic mass is 10.1. The highest BCUT2D eigenvalue weighted by Crippen LogP contribution is 2.30. The van der Waals surface area contributed by atoms with Gasteiger partial charge in [0.2, 0.25) is 5.95 Å². The Morgan fingerprint density at radius 3 is 2.44 bits per heavy atom. The molecule has 3 heterocycles. The predicted molar refractivity (Wildman–Crippen MR) is 165 cm³/mol. The van der Waals surface area contributed by atoms with Gasteiger partial charge in [0, 0.05) is 47.7 Å². The monoisotopic (exact) mass is 557 g/mol. The molecule has 2 amide bonds. The Bertz CT molecular complexity index is 1810. The van der Waals surface area contributed by atoms with Crippen molar-refractivity contribution >= 4 is 45.8 Å². The minimum absolute atomic E-state index is 0.107. The molecule has 0 aliphatic carbocycles. The standard InChI is InChI=1S/C33H27N5O2S/c1-37(32(40)24-11-6-3-7-12-24)26-14-15-28-27(21-26)35-33(38(28)20-18-23-9-4-2-5-10-23)36-31(39)30-17-16-29(41-30)25-13-8-19-34-22-25/h2-17,19,21-22H,18,20H2,1H3,(H,35,36,39). The first-order valence-corrected chi connectivity index (χ1v) is 14.1. The molecule has 0 fully saturated rings. The van der Waals surface area contributed by atoms with Crippen molar-refractivity contribution in [1.82, 2.24) is 14.5 Å². The first-order chi connectivity index (χ1) is 20.1. The molecule has 202 valence electrons. The molecular formula is C33H27N5O2S. The van der Waals surface area contributed by atoms with Crippen LogP contribution in [0.3, 0.4) is 0 Å². The van der Waals surface area contributed by atoms with Crippen molar-refractivity contribution in [2.24, 2.45) is 0 Å². The van der Waals surface area contributed by atoms with E-state index in [1.54, 1.807) is 36.5 Å². The number of nitrogens with one attached hydrogen (secondary N) is 1. The number of amides is 2. The summed E-state index contributed by atoms with van der Waals surface area (Å²) in [5.41, 5.74) is 5.06. The average molecular weight is 558 g/mol. The summed E-state index contributed by atoms with van der Waals surface area (Å²) in [4.78, 5) is 38.6. The average Bonchev–Trinajstić information content (AvgIpc) is 3.65. The van der Waals surface area contributed by atoms with Crippen LogP contribution in [-0.4, -0.2) is 33.4 Å². The van der Waals surface area contributed by atoms with Crippen molar-refractivity contribution in [3.05, 3.63) is 132 Å². The number of carbonyl (C=O) groups excluding carboxylic acids is 2. The highest BCUT2D eigenvalue weighted by Gasteiger charge is 2.19. The summed E-state index contributed by atoms with van der Waals surface area (Å²) >= 11 is 1.41. The van der Waals surface area contributed by atoms with E-state index < -0.39 is 0 Å². The van der Waals surface area contributed by atoms with Crippen molar-refractivity contribution in [2.45, 2.75) is 13.0 Å². The topological polar surface area (TPSA) is 80.1 Å². The molecule has 3 aromatic heterocycles. The molecule has 0 radical (unpaired) electrons. The summed E-state index contributed by atoms with van der Waals surface area (Å²) in [6.45, 7) is 0.625. The minimum atomic E-state index is -0.224. The van der Waals surface area contributed by atoms with Gasteiger partial charge in [0.25, 0.3) is 11.8 Å². The van der Waals surface area contributed by atoms with E-state index in [9.17, 15) is 9.59 Å². The summed E-state index contributed by atoms with van der Waals surface area (Å²) in [6, 6.07) is 32.8. The first-order valence-electron chi connectivity index (χ1n) is 13.3. The zero-order valence-electron chi connectivity index (χ0n) is 22.4. The number of anilines is 2. The number of rotatable bonds is 8. The normalized spacial score (nSPS) is 11.0. The van der Waals surface area contributed by atoms with Gasteiger partial charge < -0.3 is 9.47 Å². The Balaban J connectivity index is 1.31. The molecule has 41 heavy (non-hydrogen) atoms. The van der Waals surface area contributed by atoms with Gasteiger partial charge in [0.05, 0.1) is 15.9 Å². The molecule has 0 saturated carbocycles. The molecule has 6 rings (SSSR count). The Labute approximate surface area is 241 Å². The summed E-state index contributed by atoms with van der Waals surface area (Å²) in [7, 11) is 1.75. The molecule has 8 heteroatoms. The third kappa shape index (κ3) is 5.64. The molecule has 0 unspecified atom stereocenters. The van der Waals surface area contributed by atoms with Gasteiger partial charge in [0.15, 0.2) is 0 Å². The van der Waals surface area contributed by atoms with Crippen molar-refractivity contribution < 1.29 is 9.59 Å². The fraction of sp³-hybridized carbons (Fsp3) is 0.0909. The molecule has 0 saturated heterocycles. The highest BCUT2D eigenvalue weighted by atomic mass is 32.1. The SMILES string of the molecule is CN(C(=O)c1ccccc1)c1ccc2c(c1)nc(NC(=O)c1ccc(-c3cccnc3)s1)n2CCc1ccccc1. The van der Waals surface area contributed by atoms with E-state index in [1.807, 2.05) is 83.4 Å². The maximum atomic E-state index is 13.4. The van der Waals surface area contributed by atoms with Crippen LogP contribution in [-0.2, 0) is 13.0 Å². The van der Waals surface area contributed by atoms with Crippen LogP contribution in [0.2, 0.25) is 0 Å². The van der Waals surface area contributed by atoms with Crippen LogP contribution in [0.5, 0.6) is 0 Å². The van der Waals surface area contributed by atoms with Crippen molar-refractivity contribution in [3.8, 4) is 10.4 Å². The van der Waals surface area contributed by atoms with Gasteiger partial charge in [-0.15, -0.1) is 11.3 Å². The molecule has 6 aromatic rings. The van der Waals surface area contributed by atoms with Crippen LogP contribution in [0.4, 0.5) is 11.6 Å². The molecule has 0 aliphatic rings. The number of aromatic nitrogens is 3. The number of pyridine rings is 1. The van der Waals surface area contributed by atoms with E-state index in [4.69, 9.17) is 4.98 Å². The molecule has 0 aliphatic heterocycles. The summed E-state index contributed by atoms with van der Waals surface area (Å²) in [5, 5.41) is 3.04. The maximum Gasteiger partial charge on any atom is 0.268 e. The van der Waals surface area contributed by atoms with E-state index in [-0.39, 0.29) is 11.8 Å². The quantitative estimate of drug-likeness (QED) is 0.220. The number of carbonyl (C=O) groups is 2. The van der Waals surface area contributed by atoms with Crippen molar-refractivity contribution in [2.75, 3.05) is 17.3 Å². The van der Waals surface area contributed by atoms with Crippen LogP contribution in [0.15, 0.2) is 116 Å². The second-order valence-electron chi connectivity index (χ2n) is 9.59. The zero-order valence-corrected chi connectivity index (χ0v) is 23.2. The van der Waals surface area contributed by atoms with Crippen molar-refractivity contribution in [3.63, 3.8) is 0 Å². The number of nitrogens with zero attached hydrogens (tertiary/aromatic N) is 4. The summed E-state index contributed by atoms with van der Waals surface area (Å²) in [6.07, 6.45) is 4.28. The number of imidazole rings is 1. The molecular weight excluding hydrogens is 530 g/mol.